The van der Waals surface area contributed by atoms with E-state index in [2.05, 4.69) is 43.2 Å². The highest BCUT2D eigenvalue weighted by Crippen LogP contribution is 2.32. The lowest BCUT2D eigenvalue weighted by Crippen LogP contribution is -2.30. The van der Waals surface area contributed by atoms with E-state index < -0.39 is 0 Å². The van der Waals surface area contributed by atoms with Crippen LogP contribution in [0.3, 0.4) is 0 Å². The van der Waals surface area contributed by atoms with Crippen LogP contribution in [0.2, 0.25) is 0 Å². The van der Waals surface area contributed by atoms with Gasteiger partial charge in [0.15, 0.2) is 10.4 Å². The first kappa shape index (κ1) is 24.7. The zero-order chi connectivity index (χ0) is 24.9. The summed E-state index contributed by atoms with van der Waals surface area (Å²) in [5, 5.41) is 17.1. The molecule has 2 aromatic carbocycles. The number of benzene rings is 2. The number of nitrogen functional groups attached to an aromatic ring is 1. The monoisotopic (exact) mass is 541 g/mol. The fourth-order valence-electron chi connectivity index (χ4n) is 3.72. The second-order valence-electron chi connectivity index (χ2n) is 7.99. The summed E-state index contributed by atoms with van der Waals surface area (Å²) in [6, 6.07) is 12.9. The molecule has 2 aromatic heterocycles. The van der Waals surface area contributed by atoms with Gasteiger partial charge in [-0.05, 0) is 52.2 Å². The van der Waals surface area contributed by atoms with E-state index in [1.54, 1.807) is 11.8 Å². The second kappa shape index (κ2) is 10.9. The molecule has 0 saturated carbocycles. The van der Waals surface area contributed by atoms with Gasteiger partial charge in [-0.15, -0.1) is 0 Å². The molecule has 184 valence electrons. The lowest BCUT2D eigenvalue weighted by atomic mass is 10.2. The molecule has 1 atom stereocenters. The third-order valence-electron chi connectivity index (χ3n) is 5.41. The summed E-state index contributed by atoms with van der Waals surface area (Å²) in [6.45, 7) is 2.44. The number of nitrogens with one attached hydrogen (secondary N) is 1. The van der Waals surface area contributed by atoms with Crippen molar-refractivity contribution < 1.29 is 14.6 Å². The molecule has 0 bridgehead atoms. The first-order chi connectivity index (χ1) is 16.9. The Labute approximate surface area is 211 Å². The highest BCUT2D eigenvalue weighted by atomic mass is 79.9. The van der Waals surface area contributed by atoms with E-state index in [-0.39, 0.29) is 18.7 Å². The zero-order valence-electron chi connectivity index (χ0n) is 19.5. The van der Waals surface area contributed by atoms with Gasteiger partial charge in [-0.25, -0.2) is 4.98 Å². The van der Waals surface area contributed by atoms with Gasteiger partial charge >= 0.3 is 0 Å². The molecule has 0 aliphatic rings. The molecule has 2 heterocycles. The van der Waals surface area contributed by atoms with Crippen molar-refractivity contribution in [3.63, 3.8) is 0 Å². The van der Waals surface area contributed by atoms with Crippen LogP contribution in [-0.2, 0) is 13.2 Å². The molecule has 0 saturated heterocycles. The van der Waals surface area contributed by atoms with Crippen LogP contribution in [0.4, 0.5) is 11.8 Å². The van der Waals surface area contributed by atoms with Crippen molar-refractivity contribution in [3.05, 3.63) is 58.2 Å². The van der Waals surface area contributed by atoms with Crippen molar-refractivity contribution in [1.29, 1.82) is 0 Å². The number of ether oxygens (including phenoxy) is 2. The maximum absolute atomic E-state index is 9.21. The van der Waals surface area contributed by atoms with Gasteiger partial charge in [0.2, 0.25) is 5.95 Å². The van der Waals surface area contributed by atoms with Crippen LogP contribution in [0.5, 0.6) is 17.2 Å². The standard InChI is InChI=1S/C24H28BrN7O3/c1-3-4-19(26)28-23-21-20(29-24(27)30-23)22(25)31-32(21)12-15-7-10-17(11-18(15)34-2)35-16-8-5-14(13-33)6-9-16/h5-11,19,33H,3-4,12-13,26H2,1-2H3,(H3,27,28,29,30). The number of aliphatic hydroxyl groups is 1. The molecule has 11 heteroatoms. The van der Waals surface area contributed by atoms with Crippen molar-refractivity contribution in [2.75, 3.05) is 18.2 Å². The van der Waals surface area contributed by atoms with Crippen LogP contribution in [0, 0.1) is 0 Å². The Bertz CT molecular complexity index is 1310. The Morgan fingerprint density at radius 2 is 1.89 bits per heavy atom. The number of anilines is 2. The second-order valence-corrected chi connectivity index (χ2v) is 8.74. The zero-order valence-corrected chi connectivity index (χ0v) is 21.1. The van der Waals surface area contributed by atoms with E-state index in [0.29, 0.717) is 45.2 Å². The minimum Gasteiger partial charge on any atom is -0.496 e. The molecule has 1 unspecified atom stereocenters. The average Bonchev–Trinajstić information content (AvgIpc) is 3.15. The lowest BCUT2D eigenvalue weighted by molar-refractivity contribution is 0.281. The average molecular weight is 542 g/mol. The predicted molar refractivity (Wildman–Crippen MR) is 138 cm³/mol. The van der Waals surface area contributed by atoms with Crippen molar-refractivity contribution in [2.24, 2.45) is 5.73 Å². The number of nitrogens with zero attached hydrogens (tertiary/aromatic N) is 4. The third-order valence-corrected chi connectivity index (χ3v) is 5.94. The summed E-state index contributed by atoms with van der Waals surface area (Å²) in [6.07, 6.45) is 1.42. The maximum atomic E-state index is 9.21. The van der Waals surface area contributed by atoms with E-state index in [4.69, 9.17) is 20.9 Å². The van der Waals surface area contributed by atoms with Gasteiger partial charge in [0.05, 0.1) is 26.4 Å². The van der Waals surface area contributed by atoms with Gasteiger partial charge in [0.1, 0.15) is 28.3 Å². The van der Waals surface area contributed by atoms with Crippen molar-refractivity contribution in [3.8, 4) is 17.2 Å². The number of nitrogens with two attached hydrogens (primary N) is 2. The molecule has 6 N–H and O–H groups in total. The topological polar surface area (TPSA) is 146 Å². The van der Waals surface area contributed by atoms with Crippen LogP contribution in [-0.4, -0.2) is 38.1 Å². The van der Waals surface area contributed by atoms with Crippen LogP contribution in [0.15, 0.2) is 47.1 Å². The smallest absolute Gasteiger partial charge is 0.222 e. The summed E-state index contributed by atoms with van der Waals surface area (Å²) in [5.41, 5.74) is 15.1. The van der Waals surface area contributed by atoms with Crippen molar-refractivity contribution >= 4 is 38.7 Å². The molecule has 0 spiro atoms. The fourth-order valence-corrected chi connectivity index (χ4v) is 4.18. The molecule has 0 aliphatic carbocycles. The number of rotatable bonds is 10. The summed E-state index contributed by atoms with van der Waals surface area (Å²) in [4.78, 5) is 8.74. The number of hydrogen-bond donors (Lipinski definition) is 4. The fraction of sp³-hybridized carbons (Fsp3) is 0.292. The molecular formula is C24H28BrN7O3. The normalized spacial score (nSPS) is 12.0. The van der Waals surface area contributed by atoms with E-state index in [1.807, 2.05) is 42.5 Å². The minimum atomic E-state index is -0.281. The Morgan fingerprint density at radius 3 is 2.57 bits per heavy atom. The van der Waals surface area contributed by atoms with Crippen LogP contribution < -0.4 is 26.3 Å². The largest absolute Gasteiger partial charge is 0.496 e. The minimum absolute atomic E-state index is 0.0135. The van der Waals surface area contributed by atoms with Crippen LogP contribution >= 0.6 is 15.9 Å². The van der Waals surface area contributed by atoms with Crippen molar-refractivity contribution in [1.82, 2.24) is 19.7 Å². The molecule has 4 rings (SSSR count). The molecule has 0 aliphatic heterocycles. The van der Waals surface area contributed by atoms with E-state index in [0.717, 1.165) is 24.0 Å². The van der Waals surface area contributed by atoms with Crippen molar-refractivity contribution in [2.45, 2.75) is 39.1 Å². The van der Waals surface area contributed by atoms with Gasteiger partial charge in [-0.2, -0.15) is 10.1 Å². The van der Waals surface area contributed by atoms with Crippen LogP contribution in [0.25, 0.3) is 11.0 Å². The number of methoxy groups -OCH3 is 1. The van der Waals surface area contributed by atoms with E-state index >= 15 is 0 Å². The molecule has 10 nitrogen and oxygen atoms in total. The molecule has 4 aromatic rings. The molecule has 0 radical (unpaired) electrons. The summed E-state index contributed by atoms with van der Waals surface area (Å²) < 4.78 is 13.9. The Balaban J connectivity index is 1.64. The maximum Gasteiger partial charge on any atom is 0.222 e. The SMILES string of the molecule is CCCC(N)Nc1nc(N)nc2c(Br)nn(Cc3ccc(Oc4ccc(CO)cc4)cc3OC)c12. The number of hydrogen-bond acceptors (Lipinski definition) is 9. The third kappa shape index (κ3) is 5.64. The quantitative estimate of drug-likeness (QED) is 0.218. The van der Waals surface area contributed by atoms with Gasteiger partial charge in [0.25, 0.3) is 0 Å². The summed E-state index contributed by atoms with van der Waals surface area (Å²) in [5.74, 6) is 2.58. The number of halogens is 1. The Kier molecular flexibility index (Phi) is 7.69. The summed E-state index contributed by atoms with van der Waals surface area (Å²) >= 11 is 3.49. The molecule has 35 heavy (non-hydrogen) atoms. The van der Waals surface area contributed by atoms with E-state index in [1.165, 1.54) is 0 Å². The lowest BCUT2D eigenvalue weighted by Gasteiger charge is -2.16. The number of aliphatic hydroxyl groups excluding tert-OH is 1. The Hall–Kier alpha value is -3.41. The van der Waals surface area contributed by atoms with Crippen LogP contribution in [0.1, 0.15) is 30.9 Å². The van der Waals surface area contributed by atoms with Gasteiger partial charge in [-0.1, -0.05) is 25.5 Å². The number of fused-ring (bicyclic) bond motifs is 1. The summed E-state index contributed by atoms with van der Waals surface area (Å²) in [7, 11) is 1.61. The molecule has 0 amide bonds. The first-order valence-electron chi connectivity index (χ1n) is 11.2. The molecular weight excluding hydrogens is 514 g/mol. The number of aromatic nitrogens is 4. The van der Waals surface area contributed by atoms with Gasteiger partial charge in [-0.3, -0.25) is 4.68 Å². The highest BCUT2D eigenvalue weighted by Gasteiger charge is 2.19. The molecule has 0 fully saturated rings. The van der Waals surface area contributed by atoms with E-state index in [9.17, 15) is 5.11 Å². The highest BCUT2D eigenvalue weighted by molar-refractivity contribution is 9.10. The predicted octanol–water partition coefficient (Wildman–Crippen LogP) is 4.01. The first-order valence-corrected chi connectivity index (χ1v) is 12.0. The Morgan fingerprint density at radius 1 is 1.14 bits per heavy atom. The van der Waals surface area contributed by atoms with Gasteiger partial charge in [0, 0.05) is 11.6 Å². The van der Waals surface area contributed by atoms with Gasteiger partial charge < -0.3 is 31.4 Å².